The molecule has 0 bridgehead atoms. The van der Waals surface area contributed by atoms with Gasteiger partial charge in [-0.2, -0.15) is 4.98 Å². The highest BCUT2D eigenvalue weighted by molar-refractivity contribution is 5.83. The van der Waals surface area contributed by atoms with Crippen LogP contribution in [0.1, 0.15) is 18.5 Å². The highest BCUT2D eigenvalue weighted by Crippen LogP contribution is 2.25. The molecule has 0 fully saturated rings. The molecule has 5 nitrogen and oxygen atoms in total. The number of aromatic nitrogens is 4. The fourth-order valence-corrected chi connectivity index (χ4v) is 3.58. The summed E-state index contributed by atoms with van der Waals surface area (Å²) in [7, 11) is 0. The Labute approximate surface area is 175 Å². The fraction of sp³-hybridized carbons (Fsp3) is 0.0800. The maximum absolute atomic E-state index is 4.71. The van der Waals surface area contributed by atoms with E-state index in [9.17, 15) is 0 Å². The van der Waals surface area contributed by atoms with Crippen LogP contribution in [0.5, 0.6) is 0 Å². The number of rotatable bonds is 5. The Morgan fingerprint density at radius 3 is 2.37 bits per heavy atom. The lowest BCUT2D eigenvalue weighted by molar-refractivity contribution is 0.854. The van der Waals surface area contributed by atoms with Gasteiger partial charge < -0.3 is 5.32 Å². The molecule has 0 amide bonds. The lowest BCUT2D eigenvalue weighted by atomic mass is 10.1. The van der Waals surface area contributed by atoms with Gasteiger partial charge >= 0.3 is 0 Å². The van der Waals surface area contributed by atoms with Crippen LogP contribution in [0.4, 0.5) is 5.95 Å². The SMILES string of the molecule is C[C@H](Nc1nccc(-n2cnc3cc(-c4ccccc4)ccc32)n1)c1ccccc1. The van der Waals surface area contributed by atoms with Gasteiger partial charge in [0.15, 0.2) is 0 Å². The van der Waals surface area contributed by atoms with E-state index in [-0.39, 0.29) is 6.04 Å². The number of fused-ring (bicyclic) bond motifs is 1. The third-order valence-corrected chi connectivity index (χ3v) is 5.19. The summed E-state index contributed by atoms with van der Waals surface area (Å²) in [4.78, 5) is 13.7. The number of benzene rings is 3. The minimum absolute atomic E-state index is 0.106. The first-order valence-corrected chi connectivity index (χ1v) is 9.95. The van der Waals surface area contributed by atoms with Crippen molar-refractivity contribution in [3.63, 3.8) is 0 Å². The van der Waals surface area contributed by atoms with Crippen LogP contribution in [-0.2, 0) is 0 Å². The summed E-state index contributed by atoms with van der Waals surface area (Å²) < 4.78 is 1.99. The van der Waals surface area contributed by atoms with Gasteiger partial charge in [0, 0.05) is 6.20 Å². The van der Waals surface area contributed by atoms with Crippen LogP contribution in [0.2, 0.25) is 0 Å². The van der Waals surface area contributed by atoms with E-state index in [0.717, 1.165) is 22.4 Å². The van der Waals surface area contributed by atoms with E-state index in [1.165, 1.54) is 11.1 Å². The Morgan fingerprint density at radius 2 is 1.57 bits per heavy atom. The zero-order chi connectivity index (χ0) is 20.3. The minimum Gasteiger partial charge on any atom is -0.348 e. The van der Waals surface area contributed by atoms with E-state index >= 15 is 0 Å². The molecule has 5 aromatic rings. The van der Waals surface area contributed by atoms with Crippen molar-refractivity contribution in [2.24, 2.45) is 0 Å². The first-order valence-electron chi connectivity index (χ1n) is 9.95. The molecule has 2 heterocycles. The lowest BCUT2D eigenvalue weighted by Gasteiger charge is -2.14. The number of nitrogens with one attached hydrogen (secondary N) is 1. The predicted molar refractivity (Wildman–Crippen MR) is 121 cm³/mol. The zero-order valence-corrected chi connectivity index (χ0v) is 16.6. The van der Waals surface area contributed by atoms with Gasteiger partial charge in [0.2, 0.25) is 5.95 Å². The van der Waals surface area contributed by atoms with Crippen LogP contribution in [0.25, 0.3) is 28.0 Å². The summed E-state index contributed by atoms with van der Waals surface area (Å²) in [5.74, 6) is 1.37. The van der Waals surface area contributed by atoms with Crippen LogP contribution < -0.4 is 5.32 Å². The van der Waals surface area contributed by atoms with Gasteiger partial charge in [0.1, 0.15) is 12.1 Å². The van der Waals surface area contributed by atoms with Crippen LogP contribution >= 0.6 is 0 Å². The first-order chi connectivity index (χ1) is 14.8. The summed E-state index contributed by atoms with van der Waals surface area (Å²) in [5.41, 5.74) is 5.46. The summed E-state index contributed by atoms with van der Waals surface area (Å²) in [6.45, 7) is 2.10. The van der Waals surface area contributed by atoms with Crippen LogP contribution in [-0.4, -0.2) is 19.5 Å². The van der Waals surface area contributed by atoms with E-state index in [0.29, 0.717) is 5.95 Å². The molecule has 0 saturated carbocycles. The van der Waals surface area contributed by atoms with Gasteiger partial charge in [-0.25, -0.2) is 9.97 Å². The normalized spacial score (nSPS) is 12.0. The van der Waals surface area contributed by atoms with Gasteiger partial charge in [-0.1, -0.05) is 66.7 Å². The van der Waals surface area contributed by atoms with Crippen molar-refractivity contribution in [1.82, 2.24) is 19.5 Å². The second-order valence-electron chi connectivity index (χ2n) is 7.20. The predicted octanol–water partition coefficient (Wildman–Crippen LogP) is 5.66. The highest BCUT2D eigenvalue weighted by Gasteiger charge is 2.10. The van der Waals surface area contributed by atoms with Crippen molar-refractivity contribution in [1.29, 1.82) is 0 Å². The van der Waals surface area contributed by atoms with Crippen molar-refractivity contribution in [2.45, 2.75) is 13.0 Å². The Morgan fingerprint density at radius 1 is 0.800 bits per heavy atom. The second kappa shape index (κ2) is 7.79. The van der Waals surface area contributed by atoms with E-state index in [4.69, 9.17) is 4.98 Å². The molecule has 0 saturated heterocycles. The average molecular weight is 391 g/mol. The zero-order valence-electron chi connectivity index (χ0n) is 16.6. The van der Waals surface area contributed by atoms with Crippen LogP contribution in [0, 0.1) is 0 Å². The molecule has 0 aliphatic heterocycles. The molecule has 0 unspecified atom stereocenters. The lowest BCUT2D eigenvalue weighted by Crippen LogP contribution is -2.10. The van der Waals surface area contributed by atoms with Crippen molar-refractivity contribution >= 4 is 17.0 Å². The minimum atomic E-state index is 0.106. The largest absolute Gasteiger partial charge is 0.348 e. The maximum Gasteiger partial charge on any atom is 0.225 e. The monoisotopic (exact) mass is 391 g/mol. The van der Waals surface area contributed by atoms with Gasteiger partial charge in [-0.05, 0) is 41.8 Å². The van der Waals surface area contributed by atoms with Gasteiger partial charge in [0.05, 0.1) is 17.1 Å². The summed E-state index contributed by atoms with van der Waals surface area (Å²) >= 11 is 0. The molecule has 30 heavy (non-hydrogen) atoms. The molecule has 5 rings (SSSR count). The standard InChI is InChI=1S/C25H21N5/c1-18(19-8-4-2-5-9-19)28-25-26-15-14-24(29-25)30-17-27-22-16-21(12-13-23(22)30)20-10-6-3-7-11-20/h2-18H,1H3,(H,26,28,29)/t18-/m0/s1. The second-order valence-corrected chi connectivity index (χ2v) is 7.20. The molecule has 5 heteroatoms. The summed E-state index contributed by atoms with van der Waals surface area (Å²) in [6.07, 6.45) is 3.58. The quantitative estimate of drug-likeness (QED) is 0.420. The smallest absolute Gasteiger partial charge is 0.225 e. The van der Waals surface area contributed by atoms with Crippen molar-refractivity contribution in [3.8, 4) is 16.9 Å². The van der Waals surface area contributed by atoms with E-state index in [2.05, 4.69) is 64.7 Å². The third-order valence-electron chi connectivity index (χ3n) is 5.19. The Hall–Kier alpha value is -3.99. The molecule has 2 aromatic heterocycles. The molecular formula is C25H21N5. The number of anilines is 1. The van der Waals surface area contributed by atoms with E-state index in [1.807, 2.05) is 53.4 Å². The van der Waals surface area contributed by atoms with Gasteiger partial charge in [-0.3, -0.25) is 4.57 Å². The van der Waals surface area contributed by atoms with Crippen molar-refractivity contribution in [2.75, 3.05) is 5.32 Å². The summed E-state index contributed by atoms with van der Waals surface area (Å²) in [5, 5.41) is 3.38. The van der Waals surface area contributed by atoms with E-state index in [1.54, 1.807) is 6.20 Å². The number of imidazole rings is 1. The molecular weight excluding hydrogens is 370 g/mol. The number of hydrogen-bond acceptors (Lipinski definition) is 4. The highest BCUT2D eigenvalue weighted by atomic mass is 15.2. The fourth-order valence-electron chi connectivity index (χ4n) is 3.58. The van der Waals surface area contributed by atoms with E-state index < -0.39 is 0 Å². The maximum atomic E-state index is 4.71. The van der Waals surface area contributed by atoms with Gasteiger partial charge in [-0.15, -0.1) is 0 Å². The molecule has 1 atom stereocenters. The topological polar surface area (TPSA) is 55.6 Å². The molecule has 3 aromatic carbocycles. The molecule has 0 aliphatic carbocycles. The number of nitrogens with zero attached hydrogens (tertiary/aromatic N) is 4. The average Bonchev–Trinajstić information content (AvgIpc) is 3.24. The molecule has 0 radical (unpaired) electrons. The Balaban J connectivity index is 1.45. The first kappa shape index (κ1) is 18.1. The van der Waals surface area contributed by atoms with Crippen molar-refractivity contribution in [3.05, 3.63) is 103 Å². The van der Waals surface area contributed by atoms with Crippen molar-refractivity contribution < 1.29 is 0 Å². The molecule has 1 N–H and O–H groups in total. The Bertz CT molecular complexity index is 1280. The van der Waals surface area contributed by atoms with Crippen LogP contribution in [0.3, 0.4) is 0 Å². The molecule has 0 aliphatic rings. The summed E-state index contributed by atoms with van der Waals surface area (Å²) in [6, 6.07) is 28.9. The molecule has 0 spiro atoms. The number of hydrogen-bond donors (Lipinski definition) is 1. The molecule has 146 valence electrons. The third kappa shape index (κ3) is 3.53. The van der Waals surface area contributed by atoms with Gasteiger partial charge in [0.25, 0.3) is 0 Å². The Kier molecular flexibility index (Phi) is 4.69. The van der Waals surface area contributed by atoms with Crippen LogP contribution in [0.15, 0.2) is 97.5 Å².